The molecule has 0 aliphatic carbocycles. The molecule has 0 fully saturated rings. The van der Waals surface area contributed by atoms with Crippen molar-refractivity contribution in [3.8, 4) is 5.75 Å². The number of hydrogen-bond acceptors (Lipinski definition) is 5. The first kappa shape index (κ1) is 21.2. The third kappa shape index (κ3) is 3.95. The summed E-state index contributed by atoms with van der Waals surface area (Å²) in [5, 5.41) is 3.20. The zero-order valence-corrected chi connectivity index (χ0v) is 18.5. The topological polar surface area (TPSA) is 61.9 Å². The Morgan fingerprint density at radius 1 is 0.875 bits per heavy atom. The van der Waals surface area contributed by atoms with E-state index in [9.17, 15) is 9.59 Å². The van der Waals surface area contributed by atoms with Crippen LogP contribution in [0.2, 0.25) is 0 Å². The number of amides is 2. The number of nitrogens with one attached hydrogen (secondary N) is 1. The van der Waals surface area contributed by atoms with Gasteiger partial charge in [0.25, 0.3) is 11.8 Å². The number of benzene rings is 3. The number of nitrogens with zero attached hydrogens (tertiary/aromatic N) is 2. The molecular formula is C26H25N3O3. The predicted octanol–water partition coefficient (Wildman–Crippen LogP) is 4.47. The standard InChI is InChI=1S/C26H25N3O3/c1-17-7-5-8-19(15-17)27-24-23(18-11-13-22(32-4)14-12-18)25(30)29(26(24)31)21-10-6-9-20(16-21)28(2)3/h5-16,27H,1-4H3. The first-order valence-electron chi connectivity index (χ1n) is 10.3. The molecule has 0 radical (unpaired) electrons. The smallest absolute Gasteiger partial charge is 0.282 e. The van der Waals surface area contributed by atoms with E-state index in [4.69, 9.17) is 4.74 Å². The van der Waals surface area contributed by atoms with Crippen molar-refractivity contribution >= 4 is 34.4 Å². The Kier molecular flexibility index (Phi) is 5.69. The lowest BCUT2D eigenvalue weighted by Gasteiger charge is -2.19. The van der Waals surface area contributed by atoms with Crippen molar-refractivity contribution in [2.24, 2.45) is 0 Å². The molecule has 6 nitrogen and oxygen atoms in total. The second-order valence-corrected chi connectivity index (χ2v) is 7.83. The van der Waals surface area contributed by atoms with Gasteiger partial charge in [0.05, 0.1) is 18.4 Å². The summed E-state index contributed by atoms with van der Waals surface area (Å²) < 4.78 is 5.24. The second-order valence-electron chi connectivity index (χ2n) is 7.83. The molecule has 4 rings (SSSR count). The number of hydrogen-bond donors (Lipinski definition) is 1. The van der Waals surface area contributed by atoms with Crippen molar-refractivity contribution in [1.82, 2.24) is 0 Å². The summed E-state index contributed by atoms with van der Waals surface area (Å²) in [6.45, 7) is 1.98. The fourth-order valence-corrected chi connectivity index (χ4v) is 3.68. The van der Waals surface area contributed by atoms with Crippen molar-refractivity contribution in [2.75, 3.05) is 36.3 Å². The van der Waals surface area contributed by atoms with E-state index in [0.29, 0.717) is 22.6 Å². The Morgan fingerprint density at radius 3 is 2.25 bits per heavy atom. The number of methoxy groups -OCH3 is 1. The average molecular weight is 428 g/mol. The molecule has 0 saturated carbocycles. The van der Waals surface area contributed by atoms with Gasteiger partial charge in [-0.2, -0.15) is 0 Å². The zero-order valence-electron chi connectivity index (χ0n) is 18.5. The van der Waals surface area contributed by atoms with Crippen LogP contribution in [-0.4, -0.2) is 33.0 Å². The van der Waals surface area contributed by atoms with Gasteiger partial charge in [0.15, 0.2) is 0 Å². The third-order valence-corrected chi connectivity index (χ3v) is 5.35. The molecular weight excluding hydrogens is 402 g/mol. The molecule has 0 atom stereocenters. The van der Waals surface area contributed by atoms with E-state index in [1.807, 2.05) is 68.4 Å². The zero-order chi connectivity index (χ0) is 22.8. The van der Waals surface area contributed by atoms with Crippen molar-refractivity contribution in [3.05, 3.63) is 89.6 Å². The van der Waals surface area contributed by atoms with Gasteiger partial charge in [-0.05, 0) is 60.5 Å². The number of aryl methyl sites for hydroxylation is 1. The van der Waals surface area contributed by atoms with Gasteiger partial charge >= 0.3 is 0 Å². The van der Waals surface area contributed by atoms with Crippen LogP contribution in [-0.2, 0) is 9.59 Å². The lowest BCUT2D eigenvalue weighted by Crippen LogP contribution is -2.32. The van der Waals surface area contributed by atoms with Crippen LogP contribution in [0.25, 0.3) is 5.57 Å². The third-order valence-electron chi connectivity index (χ3n) is 5.35. The van der Waals surface area contributed by atoms with Crippen LogP contribution in [0.15, 0.2) is 78.5 Å². The minimum Gasteiger partial charge on any atom is -0.497 e. The van der Waals surface area contributed by atoms with E-state index < -0.39 is 5.91 Å². The van der Waals surface area contributed by atoms with Gasteiger partial charge in [-0.25, -0.2) is 4.90 Å². The largest absolute Gasteiger partial charge is 0.497 e. The molecule has 1 aliphatic heterocycles. The second kappa shape index (κ2) is 8.59. The molecule has 0 bridgehead atoms. The van der Waals surface area contributed by atoms with Gasteiger partial charge in [0.1, 0.15) is 11.4 Å². The minimum absolute atomic E-state index is 0.251. The van der Waals surface area contributed by atoms with E-state index in [2.05, 4.69) is 5.32 Å². The molecule has 3 aromatic carbocycles. The summed E-state index contributed by atoms with van der Waals surface area (Å²) in [6, 6.07) is 22.2. The molecule has 0 saturated heterocycles. The van der Waals surface area contributed by atoms with Gasteiger partial charge in [0.2, 0.25) is 0 Å². The van der Waals surface area contributed by atoms with Crippen LogP contribution < -0.4 is 19.9 Å². The Labute approximate surface area is 187 Å². The number of rotatable bonds is 6. The first-order chi connectivity index (χ1) is 15.4. The quantitative estimate of drug-likeness (QED) is 0.589. The van der Waals surface area contributed by atoms with Crippen molar-refractivity contribution in [2.45, 2.75) is 6.92 Å². The lowest BCUT2D eigenvalue weighted by atomic mass is 10.0. The Balaban J connectivity index is 1.81. The van der Waals surface area contributed by atoms with Crippen molar-refractivity contribution < 1.29 is 14.3 Å². The van der Waals surface area contributed by atoms with Crippen molar-refractivity contribution in [3.63, 3.8) is 0 Å². The summed E-state index contributed by atoms with van der Waals surface area (Å²) >= 11 is 0. The molecule has 2 amide bonds. The molecule has 1 N–H and O–H groups in total. The SMILES string of the molecule is COc1ccc(C2=C(Nc3cccc(C)c3)C(=O)N(c3cccc(N(C)C)c3)C2=O)cc1. The van der Waals surface area contributed by atoms with Crippen LogP contribution in [0.4, 0.5) is 17.1 Å². The van der Waals surface area contributed by atoms with E-state index in [1.165, 1.54) is 4.90 Å². The van der Waals surface area contributed by atoms with Crippen molar-refractivity contribution in [1.29, 1.82) is 0 Å². The predicted molar refractivity (Wildman–Crippen MR) is 128 cm³/mol. The van der Waals surface area contributed by atoms with Gasteiger partial charge in [0, 0.05) is 25.5 Å². The summed E-state index contributed by atoms with van der Waals surface area (Å²) in [7, 11) is 5.42. The van der Waals surface area contributed by atoms with Crippen LogP contribution in [0, 0.1) is 6.92 Å². The summed E-state index contributed by atoms with van der Waals surface area (Å²) in [6.07, 6.45) is 0. The number of carbonyl (C=O) groups is 2. The monoisotopic (exact) mass is 427 g/mol. The molecule has 0 aromatic heterocycles. The average Bonchev–Trinajstić information content (AvgIpc) is 3.03. The van der Waals surface area contributed by atoms with E-state index in [1.54, 1.807) is 37.4 Å². The van der Waals surface area contributed by atoms with Crippen LogP contribution >= 0.6 is 0 Å². The van der Waals surface area contributed by atoms with Gasteiger partial charge in [-0.1, -0.05) is 30.3 Å². The number of imide groups is 1. The minimum atomic E-state index is -0.391. The highest BCUT2D eigenvalue weighted by atomic mass is 16.5. The molecule has 3 aromatic rings. The highest BCUT2D eigenvalue weighted by Crippen LogP contribution is 2.35. The maximum atomic E-state index is 13.6. The van der Waals surface area contributed by atoms with E-state index >= 15 is 0 Å². The maximum absolute atomic E-state index is 13.6. The number of carbonyl (C=O) groups excluding carboxylic acids is 2. The molecule has 0 unspecified atom stereocenters. The van der Waals surface area contributed by atoms with Crippen LogP contribution in [0.1, 0.15) is 11.1 Å². The fraction of sp³-hybridized carbons (Fsp3) is 0.154. The normalized spacial score (nSPS) is 13.6. The maximum Gasteiger partial charge on any atom is 0.282 e. The van der Waals surface area contributed by atoms with Gasteiger partial charge in [-0.3, -0.25) is 9.59 Å². The number of ether oxygens (including phenoxy) is 1. The molecule has 6 heteroatoms. The fourth-order valence-electron chi connectivity index (χ4n) is 3.68. The Morgan fingerprint density at radius 2 is 1.59 bits per heavy atom. The Hall–Kier alpha value is -4.06. The Bertz CT molecular complexity index is 1210. The van der Waals surface area contributed by atoms with E-state index in [-0.39, 0.29) is 11.6 Å². The van der Waals surface area contributed by atoms with Gasteiger partial charge in [-0.15, -0.1) is 0 Å². The summed E-state index contributed by atoms with van der Waals surface area (Å²) in [4.78, 5) is 30.3. The lowest BCUT2D eigenvalue weighted by molar-refractivity contribution is -0.120. The summed E-state index contributed by atoms with van der Waals surface area (Å²) in [5.41, 5.74) is 4.44. The van der Waals surface area contributed by atoms with Gasteiger partial charge < -0.3 is 15.0 Å². The van der Waals surface area contributed by atoms with E-state index in [0.717, 1.165) is 16.9 Å². The molecule has 32 heavy (non-hydrogen) atoms. The summed E-state index contributed by atoms with van der Waals surface area (Å²) in [5.74, 6) is -0.0840. The molecule has 162 valence electrons. The van der Waals surface area contributed by atoms with Crippen LogP contribution in [0.3, 0.4) is 0 Å². The highest BCUT2D eigenvalue weighted by molar-refractivity contribution is 6.46. The molecule has 1 aliphatic rings. The first-order valence-corrected chi connectivity index (χ1v) is 10.3. The molecule has 0 spiro atoms. The number of anilines is 3. The molecule has 1 heterocycles. The van der Waals surface area contributed by atoms with Crippen LogP contribution in [0.5, 0.6) is 5.75 Å². The highest BCUT2D eigenvalue weighted by Gasteiger charge is 2.40.